The van der Waals surface area contributed by atoms with E-state index in [1.807, 2.05) is 30.3 Å². The predicted octanol–water partition coefficient (Wildman–Crippen LogP) is 2.35. The van der Waals surface area contributed by atoms with Crippen molar-refractivity contribution in [1.29, 1.82) is 0 Å². The van der Waals surface area contributed by atoms with E-state index in [1.54, 1.807) is 0 Å². The van der Waals surface area contributed by atoms with Crippen LogP contribution in [-0.2, 0) is 16.0 Å². The third-order valence-corrected chi connectivity index (χ3v) is 3.13. The molecule has 1 aromatic rings. The third-order valence-electron chi connectivity index (χ3n) is 2.08. The van der Waals surface area contributed by atoms with Crippen molar-refractivity contribution in [2.45, 2.75) is 25.0 Å². The van der Waals surface area contributed by atoms with Gasteiger partial charge in [-0.15, -0.1) is 0 Å². The lowest BCUT2D eigenvalue weighted by atomic mass is 10.2. The maximum atomic E-state index is 11.6. The van der Waals surface area contributed by atoms with Gasteiger partial charge in [0.25, 0.3) is 0 Å². The molecule has 0 bridgehead atoms. The molecule has 0 aliphatic rings. The van der Waals surface area contributed by atoms with Gasteiger partial charge in [-0.2, -0.15) is 0 Å². The fourth-order valence-electron chi connectivity index (χ4n) is 1.13. The van der Waals surface area contributed by atoms with Crippen LogP contribution in [0.15, 0.2) is 30.3 Å². The number of hydrogen-bond acceptors (Lipinski definition) is 3. The van der Waals surface area contributed by atoms with Crippen LogP contribution in [0, 0.1) is 0 Å². The van der Waals surface area contributed by atoms with Crippen LogP contribution in [0.4, 0.5) is 0 Å². The molecule has 0 unspecified atom stereocenters. The zero-order chi connectivity index (χ0) is 12.2. The van der Waals surface area contributed by atoms with Gasteiger partial charge in [-0.3, -0.25) is 9.59 Å². The predicted molar refractivity (Wildman–Crippen MR) is 64.5 cm³/mol. The minimum absolute atomic E-state index is 0.126. The van der Waals surface area contributed by atoms with E-state index in [0.29, 0.717) is 0 Å². The van der Waals surface area contributed by atoms with Crippen molar-refractivity contribution in [1.82, 2.24) is 0 Å². The van der Waals surface area contributed by atoms with Gasteiger partial charge in [0, 0.05) is 6.42 Å². The van der Waals surface area contributed by atoms with Crippen molar-refractivity contribution in [3.8, 4) is 0 Å². The lowest BCUT2D eigenvalue weighted by molar-refractivity contribution is -0.139. The van der Waals surface area contributed by atoms with Crippen molar-refractivity contribution in [2.75, 3.05) is 0 Å². The van der Waals surface area contributed by atoms with Gasteiger partial charge >= 0.3 is 5.97 Å². The van der Waals surface area contributed by atoms with Gasteiger partial charge < -0.3 is 5.11 Å². The molecule has 0 amide bonds. The number of carboxylic acids is 1. The first-order valence-electron chi connectivity index (χ1n) is 4.91. The first-order chi connectivity index (χ1) is 7.42. The highest BCUT2D eigenvalue weighted by molar-refractivity contribution is 8.15. The zero-order valence-corrected chi connectivity index (χ0v) is 10.1. The fraction of sp³-hybridized carbons (Fsp3) is 0.333. The second kappa shape index (κ2) is 5.16. The molecule has 86 valence electrons. The van der Waals surface area contributed by atoms with E-state index in [4.69, 9.17) is 5.11 Å². The van der Waals surface area contributed by atoms with E-state index in [2.05, 4.69) is 0 Å². The Balaban J connectivity index is 2.58. The smallest absolute Gasteiger partial charge is 0.319 e. The molecule has 0 heterocycles. The summed E-state index contributed by atoms with van der Waals surface area (Å²) in [6.07, 6.45) is 0.266. The van der Waals surface area contributed by atoms with Gasteiger partial charge in [0.05, 0.1) is 0 Å². The summed E-state index contributed by atoms with van der Waals surface area (Å²) in [6.45, 7) is 3.06. The number of rotatable bonds is 4. The summed E-state index contributed by atoms with van der Waals surface area (Å²) in [6, 6.07) is 9.30. The summed E-state index contributed by atoms with van der Waals surface area (Å²) >= 11 is 0.866. The summed E-state index contributed by atoms with van der Waals surface area (Å²) in [5.74, 6) is -0.973. The van der Waals surface area contributed by atoms with Gasteiger partial charge in [-0.1, -0.05) is 42.1 Å². The van der Waals surface area contributed by atoms with E-state index in [9.17, 15) is 9.59 Å². The molecule has 1 N–H and O–H groups in total. The topological polar surface area (TPSA) is 54.4 Å². The van der Waals surface area contributed by atoms with Crippen LogP contribution >= 0.6 is 11.8 Å². The van der Waals surface area contributed by atoms with Gasteiger partial charge in [-0.05, 0) is 19.4 Å². The van der Waals surface area contributed by atoms with E-state index in [0.717, 1.165) is 17.3 Å². The summed E-state index contributed by atoms with van der Waals surface area (Å²) in [7, 11) is 0. The average molecular weight is 238 g/mol. The Morgan fingerprint density at radius 3 is 2.31 bits per heavy atom. The average Bonchev–Trinajstić information content (AvgIpc) is 2.17. The molecular formula is C12H14O3S. The molecule has 0 saturated carbocycles. The Bertz CT molecular complexity index is 385. The van der Waals surface area contributed by atoms with Crippen LogP contribution in [0.25, 0.3) is 0 Å². The molecule has 4 heteroatoms. The van der Waals surface area contributed by atoms with Crippen LogP contribution in [0.2, 0.25) is 0 Å². The first-order valence-corrected chi connectivity index (χ1v) is 5.72. The molecule has 0 saturated heterocycles. The molecule has 1 rings (SSSR count). The van der Waals surface area contributed by atoms with Crippen LogP contribution in [0.5, 0.6) is 0 Å². The standard InChI is InChI=1S/C12H14O3S/c1-12(2,11(14)15)16-10(13)8-9-6-4-3-5-7-9/h3-7H,8H2,1-2H3,(H,14,15). The first kappa shape index (κ1) is 12.8. The Kier molecular flexibility index (Phi) is 4.12. The molecule has 0 fully saturated rings. The summed E-state index contributed by atoms with van der Waals surface area (Å²) in [4.78, 5) is 22.5. The second-order valence-electron chi connectivity index (χ2n) is 3.95. The molecule has 0 radical (unpaired) electrons. The van der Waals surface area contributed by atoms with Crippen molar-refractivity contribution >= 4 is 22.8 Å². The largest absolute Gasteiger partial charge is 0.480 e. The number of aliphatic carboxylic acids is 1. The Labute approximate surface area is 98.9 Å². The van der Waals surface area contributed by atoms with Crippen molar-refractivity contribution in [2.24, 2.45) is 0 Å². The molecule has 1 aromatic carbocycles. The van der Waals surface area contributed by atoms with Crippen molar-refractivity contribution in [3.63, 3.8) is 0 Å². The number of carboxylic acid groups (broad SMARTS) is 1. The quantitative estimate of drug-likeness (QED) is 0.874. The highest BCUT2D eigenvalue weighted by Crippen LogP contribution is 2.26. The fourth-order valence-corrected chi connectivity index (χ4v) is 2.02. The van der Waals surface area contributed by atoms with Crippen LogP contribution in [-0.4, -0.2) is 20.9 Å². The molecule has 0 aliphatic carbocycles. The lowest BCUT2D eigenvalue weighted by Gasteiger charge is -2.16. The normalized spacial score (nSPS) is 11.1. The van der Waals surface area contributed by atoms with Crippen LogP contribution in [0.1, 0.15) is 19.4 Å². The Morgan fingerprint density at radius 2 is 1.81 bits per heavy atom. The van der Waals surface area contributed by atoms with Crippen molar-refractivity contribution in [3.05, 3.63) is 35.9 Å². The highest BCUT2D eigenvalue weighted by atomic mass is 32.2. The van der Waals surface area contributed by atoms with Crippen molar-refractivity contribution < 1.29 is 14.7 Å². The maximum absolute atomic E-state index is 11.6. The Hall–Kier alpha value is -1.29. The summed E-state index contributed by atoms with van der Waals surface area (Å²) < 4.78 is -1.06. The molecular weight excluding hydrogens is 224 g/mol. The molecule has 0 aromatic heterocycles. The van der Waals surface area contributed by atoms with E-state index < -0.39 is 10.7 Å². The molecule has 0 aliphatic heterocycles. The number of hydrogen-bond donors (Lipinski definition) is 1. The van der Waals surface area contributed by atoms with E-state index >= 15 is 0 Å². The number of thioether (sulfide) groups is 1. The third kappa shape index (κ3) is 3.70. The zero-order valence-electron chi connectivity index (χ0n) is 9.27. The van der Waals surface area contributed by atoms with Gasteiger partial charge in [-0.25, -0.2) is 0 Å². The second-order valence-corrected chi connectivity index (χ2v) is 5.63. The summed E-state index contributed by atoms with van der Waals surface area (Å²) in [5, 5.41) is 8.76. The Morgan fingerprint density at radius 1 is 1.25 bits per heavy atom. The van der Waals surface area contributed by atoms with Crippen LogP contribution < -0.4 is 0 Å². The number of carbonyl (C=O) groups is 2. The molecule has 16 heavy (non-hydrogen) atoms. The number of benzene rings is 1. The van der Waals surface area contributed by atoms with E-state index in [1.165, 1.54) is 13.8 Å². The molecule has 3 nitrogen and oxygen atoms in total. The SMILES string of the molecule is CC(C)(SC(=O)Cc1ccccc1)C(=O)O. The minimum atomic E-state index is -1.06. The maximum Gasteiger partial charge on any atom is 0.319 e. The summed E-state index contributed by atoms with van der Waals surface area (Å²) in [5.41, 5.74) is 0.904. The van der Waals surface area contributed by atoms with E-state index in [-0.39, 0.29) is 11.5 Å². The van der Waals surface area contributed by atoms with Gasteiger partial charge in [0.1, 0.15) is 4.75 Å². The molecule has 0 spiro atoms. The molecule has 0 atom stereocenters. The van der Waals surface area contributed by atoms with Gasteiger partial charge in [0.15, 0.2) is 5.12 Å². The van der Waals surface area contributed by atoms with Gasteiger partial charge in [0.2, 0.25) is 0 Å². The lowest BCUT2D eigenvalue weighted by Crippen LogP contribution is -2.29. The minimum Gasteiger partial charge on any atom is -0.480 e. The number of carbonyl (C=O) groups excluding carboxylic acids is 1. The monoisotopic (exact) mass is 238 g/mol. The van der Waals surface area contributed by atoms with Crippen LogP contribution in [0.3, 0.4) is 0 Å². The highest BCUT2D eigenvalue weighted by Gasteiger charge is 2.30.